The van der Waals surface area contributed by atoms with Crippen molar-refractivity contribution in [3.05, 3.63) is 71.0 Å². The predicted molar refractivity (Wildman–Crippen MR) is 72.8 cm³/mol. The van der Waals surface area contributed by atoms with Gasteiger partial charge < -0.3 is 0 Å². The molecule has 0 bridgehead atoms. The maximum absolute atomic E-state index is 13.9. The van der Waals surface area contributed by atoms with Crippen LogP contribution in [-0.4, -0.2) is 5.78 Å². The molecule has 0 spiro atoms. The molecule has 2 aromatic carbocycles. The second-order valence-electron chi connectivity index (χ2n) is 5.16. The summed E-state index contributed by atoms with van der Waals surface area (Å²) in [6, 6.07) is 15.0. The highest BCUT2D eigenvalue weighted by molar-refractivity contribution is 6.00. The molecule has 19 heavy (non-hydrogen) atoms. The van der Waals surface area contributed by atoms with E-state index in [1.54, 1.807) is 25.1 Å². The number of halogens is 1. The molecule has 0 aromatic heterocycles. The summed E-state index contributed by atoms with van der Waals surface area (Å²) in [5, 5.41) is 0. The van der Waals surface area contributed by atoms with E-state index in [4.69, 9.17) is 0 Å². The summed E-state index contributed by atoms with van der Waals surface area (Å²) in [4.78, 5) is 12.3. The fraction of sp³-hybridized carbons (Fsp3) is 0.235. The van der Waals surface area contributed by atoms with Gasteiger partial charge in [0.05, 0.1) is 5.56 Å². The fourth-order valence-electron chi connectivity index (χ4n) is 2.59. The van der Waals surface area contributed by atoms with Crippen molar-refractivity contribution >= 4 is 5.78 Å². The first-order valence-electron chi connectivity index (χ1n) is 6.52. The van der Waals surface area contributed by atoms with E-state index in [9.17, 15) is 9.18 Å². The molecular weight excluding hydrogens is 239 g/mol. The van der Waals surface area contributed by atoms with Crippen LogP contribution < -0.4 is 0 Å². The van der Waals surface area contributed by atoms with Crippen LogP contribution >= 0.6 is 0 Å². The molecule has 3 rings (SSSR count). The van der Waals surface area contributed by atoms with Gasteiger partial charge in [0.25, 0.3) is 0 Å². The van der Waals surface area contributed by atoms with Gasteiger partial charge in [0.1, 0.15) is 5.82 Å². The Labute approximate surface area is 112 Å². The fourth-order valence-corrected chi connectivity index (χ4v) is 2.59. The summed E-state index contributed by atoms with van der Waals surface area (Å²) in [5.74, 6) is -0.228. The van der Waals surface area contributed by atoms with E-state index in [1.807, 2.05) is 30.3 Å². The first kappa shape index (κ1) is 12.1. The highest BCUT2D eigenvalue weighted by Crippen LogP contribution is 2.49. The summed E-state index contributed by atoms with van der Waals surface area (Å²) in [5.41, 5.74) is 1.94. The molecule has 0 amide bonds. The number of hydrogen-bond donors (Lipinski definition) is 0. The summed E-state index contributed by atoms with van der Waals surface area (Å²) in [6.45, 7) is 1.69. The Hall–Kier alpha value is -1.96. The van der Waals surface area contributed by atoms with Crippen molar-refractivity contribution in [2.45, 2.75) is 19.3 Å². The molecule has 2 atom stereocenters. The van der Waals surface area contributed by atoms with Crippen molar-refractivity contribution in [2.24, 2.45) is 5.92 Å². The van der Waals surface area contributed by atoms with E-state index in [1.165, 1.54) is 5.56 Å². The standard InChI is InChI=1S/C17H15FO/c1-11-6-5-9-13(16(11)18)17(19)15-10-14(15)12-7-3-2-4-8-12/h2-9,14-15H,10H2,1H3. The second-order valence-corrected chi connectivity index (χ2v) is 5.16. The van der Waals surface area contributed by atoms with E-state index < -0.39 is 0 Å². The van der Waals surface area contributed by atoms with E-state index in [0.717, 1.165) is 6.42 Å². The quantitative estimate of drug-likeness (QED) is 0.753. The lowest BCUT2D eigenvalue weighted by atomic mass is 10.0. The molecular formula is C17H15FO. The smallest absolute Gasteiger partial charge is 0.169 e. The van der Waals surface area contributed by atoms with Gasteiger partial charge in [0, 0.05) is 5.92 Å². The number of carbonyl (C=O) groups excluding carboxylic acids is 1. The van der Waals surface area contributed by atoms with Crippen molar-refractivity contribution in [3.8, 4) is 0 Å². The Morgan fingerprint density at radius 1 is 1.11 bits per heavy atom. The van der Waals surface area contributed by atoms with Gasteiger partial charge in [-0.15, -0.1) is 0 Å². The molecule has 0 heterocycles. The first-order valence-corrected chi connectivity index (χ1v) is 6.52. The number of rotatable bonds is 3. The lowest BCUT2D eigenvalue weighted by molar-refractivity contribution is 0.0961. The summed E-state index contributed by atoms with van der Waals surface area (Å²) < 4.78 is 13.9. The van der Waals surface area contributed by atoms with Gasteiger partial charge in [-0.1, -0.05) is 42.5 Å². The van der Waals surface area contributed by atoms with Crippen LogP contribution in [0.4, 0.5) is 4.39 Å². The number of benzene rings is 2. The average molecular weight is 254 g/mol. The second kappa shape index (κ2) is 4.61. The van der Waals surface area contributed by atoms with Crippen LogP contribution in [-0.2, 0) is 0 Å². The number of ketones is 1. The van der Waals surface area contributed by atoms with E-state index in [0.29, 0.717) is 5.56 Å². The zero-order valence-electron chi connectivity index (χ0n) is 10.8. The summed E-state index contributed by atoms with van der Waals surface area (Å²) >= 11 is 0. The van der Waals surface area contributed by atoms with Crippen LogP contribution in [0.2, 0.25) is 0 Å². The number of hydrogen-bond acceptors (Lipinski definition) is 1. The minimum Gasteiger partial charge on any atom is -0.294 e. The molecule has 2 aromatic rings. The minimum absolute atomic E-state index is 0.0568. The Kier molecular flexibility index (Phi) is 2.94. The molecule has 1 aliphatic carbocycles. The highest BCUT2D eigenvalue weighted by atomic mass is 19.1. The molecule has 0 aliphatic heterocycles. The Morgan fingerprint density at radius 2 is 1.84 bits per heavy atom. The van der Waals surface area contributed by atoms with Gasteiger partial charge in [-0.2, -0.15) is 0 Å². The molecule has 1 nitrogen and oxygen atoms in total. The molecule has 2 unspecified atom stereocenters. The monoisotopic (exact) mass is 254 g/mol. The van der Waals surface area contributed by atoms with Crippen molar-refractivity contribution in [1.82, 2.24) is 0 Å². The summed E-state index contributed by atoms with van der Waals surface area (Å²) in [7, 11) is 0. The lowest BCUT2D eigenvalue weighted by Crippen LogP contribution is -2.07. The number of carbonyl (C=O) groups is 1. The van der Waals surface area contributed by atoms with Crippen LogP contribution in [0.25, 0.3) is 0 Å². The van der Waals surface area contributed by atoms with Crippen LogP contribution in [0, 0.1) is 18.7 Å². The van der Waals surface area contributed by atoms with Gasteiger partial charge in [-0.25, -0.2) is 4.39 Å². The van der Waals surface area contributed by atoms with Crippen LogP contribution in [0.5, 0.6) is 0 Å². The normalized spacial score (nSPS) is 21.2. The lowest BCUT2D eigenvalue weighted by Gasteiger charge is -2.04. The van der Waals surface area contributed by atoms with Crippen LogP contribution in [0.15, 0.2) is 48.5 Å². The van der Waals surface area contributed by atoms with Gasteiger partial charge in [0.2, 0.25) is 0 Å². The number of aryl methyl sites for hydroxylation is 1. The van der Waals surface area contributed by atoms with Gasteiger partial charge in [-0.3, -0.25) is 4.79 Å². The van der Waals surface area contributed by atoms with E-state index in [-0.39, 0.29) is 29.0 Å². The zero-order valence-corrected chi connectivity index (χ0v) is 10.8. The predicted octanol–water partition coefficient (Wildman–Crippen LogP) is 4.12. The molecule has 1 saturated carbocycles. The highest BCUT2D eigenvalue weighted by Gasteiger charge is 2.44. The Balaban J connectivity index is 1.82. The Morgan fingerprint density at radius 3 is 2.58 bits per heavy atom. The SMILES string of the molecule is Cc1cccc(C(=O)C2CC2c2ccccc2)c1F. The zero-order chi connectivity index (χ0) is 13.4. The van der Waals surface area contributed by atoms with Crippen molar-refractivity contribution in [1.29, 1.82) is 0 Å². The minimum atomic E-state index is -0.369. The van der Waals surface area contributed by atoms with Crippen molar-refractivity contribution in [3.63, 3.8) is 0 Å². The van der Waals surface area contributed by atoms with Crippen LogP contribution in [0.1, 0.15) is 33.8 Å². The first-order chi connectivity index (χ1) is 9.18. The maximum atomic E-state index is 13.9. The molecule has 0 saturated heterocycles. The average Bonchev–Trinajstić information content (AvgIpc) is 3.22. The number of Topliss-reactive ketones (excluding diaryl/α,β-unsaturated/α-hetero) is 1. The van der Waals surface area contributed by atoms with Crippen molar-refractivity contribution < 1.29 is 9.18 Å². The molecule has 1 aliphatic rings. The van der Waals surface area contributed by atoms with Crippen molar-refractivity contribution in [2.75, 3.05) is 0 Å². The Bertz CT molecular complexity index is 618. The maximum Gasteiger partial charge on any atom is 0.169 e. The molecule has 96 valence electrons. The molecule has 1 fully saturated rings. The van der Waals surface area contributed by atoms with Crippen LogP contribution in [0.3, 0.4) is 0 Å². The third-order valence-electron chi connectivity index (χ3n) is 3.81. The molecule has 0 radical (unpaired) electrons. The van der Waals surface area contributed by atoms with Gasteiger partial charge >= 0.3 is 0 Å². The third-order valence-corrected chi connectivity index (χ3v) is 3.81. The van der Waals surface area contributed by atoms with Gasteiger partial charge in [0.15, 0.2) is 5.78 Å². The molecule has 0 N–H and O–H groups in total. The van der Waals surface area contributed by atoms with E-state index >= 15 is 0 Å². The van der Waals surface area contributed by atoms with Gasteiger partial charge in [-0.05, 0) is 36.5 Å². The molecule has 2 heteroatoms. The summed E-state index contributed by atoms with van der Waals surface area (Å²) in [6.07, 6.45) is 0.830. The third kappa shape index (κ3) is 2.19. The topological polar surface area (TPSA) is 17.1 Å². The van der Waals surface area contributed by atoms with E-state index in [2.05, 4.69) is 0 Å². The largest absolute Gasteiger partial charge is 0.294 e.